The van der Waals surface area contributed by atoms with Gasteiger partial charge in [0.25, 0.3) is 0 Å². The largest absolute Gasteiger partial charge is 0.298 e. The Balaban J connectivity index is 2.41. The van der Waals surface area contributed by atoms with Gasteiger partial charge in [-0.25, -0.2) is 8.42 Å². The average Bonchev–Trinajstić information content (AvgIpc) is 2.84. The molecular formula is C13H17NO3S. The third kappa shape index (κ3) is 1.69. The fourth-order valence-corrected chi connectivity index (χ4v) is 4.31. The van der Waals surface area contributed by atoms with Crippen LogP contribution in [0.4, 0.5) is 0 Å². The summed E-state index contributed by atoms with van der Waals surface area (Å²) in [5, 5.41) is 0. The van der Waals surface area contributed by atoms with E-state index in [1.807, 2.05) is 6.92 Å². The molecule has 0 N–H and O–H groups in total. The highest BCUT2D eigenvalue weighted by Crippen LogP contribution is 2.46. The van der Waals surface area contributed by atoms with Crippen LogP contribution in [-0.4, -0.2) is 30.1 Å². The van der Waals surface area contributed by atoms with E-state index in [-0.39, 0.29) is 16.7 Å². The molecule has 4 nitrogen and oxygen atoms in total. The maximum Gasteiger partial charge on any atom is 0.244 e. The molecule has 0 bridgehead atoms. The molecule has 1 heterocycles. The normalized spacial score (nSPS) is 31.1. The molecule has 1 fully saturated rings. The number of carbonyl (C=O) groups is 1. The first-order chi connectivity index (χ1) is 8.22. The predicted molar refractivity (Wildman–Crippen MR) is 68.8 cm³/mol. The maximum absolute atomic E-state index is 12.4. The third-order valence-electron chi connectivity index (χ3n) is 3.85. The molecule has 98 valence electrons. The maximum atomic E-state index is 12.4. The summed E-state index contributed by atoms with van der Waals surface area (Å²) in [5.41, 5.74) is 0.117. The average molecular weight is 267 g/mol. The summed E-state index contributed by atoms with van der Waals surface area (Å²) < 4.78 is 26.1. The van der Waals surface area contributed by atoms with Crippen LogP contribution in [0.5, 0.6) is 0 Å². The molecule has 18 heavy (non-hydrogen) atoms. The van der Waals surface area contributed by atoms with Gasteiger partial charge in [-0.1, -0.05) is 17.7 Å². The quantitative estimate of drug-likeness (QED) is 0.784. The lowest BCUT2D eigenvalue weighted by Gasteiger charge is -2.10. The Kier molecular flexibility index (Phi) is 2.87. The van der Waals surface area contributed by atoms with Gasteiger partial charge in [0.2, 0.25) is 10.0 Å². The number of ketones is 1. The molecule has 1 aromatic carbocycles. The summed E-state index contributed by atoms with van der Waals surface area (Å²) in [5.74, 6) is -0.120. The van der Waals surface area contributed by atoms with E-state index in [2.05, 4.69) is 0 Å². The molecule has 1 aromatic rings. The van der Waals surface area contributed by atoms with Gasteiger partial charge in [-0.2, -0.15) is 4.31 Å². The van der Waals surface area contributed by atoms with Crippen molar-refractivity contribution in [1.29, 1.82) is 0 Å². The highest BCUT2D eigenvalue weighted by atomic mass is 32.2. The van der Waals surface area contributed by atoms with E-state index in [1.165, 1.54) is 11.2 Å². The zero-order valence-corrected chi connectivity index (χ0v) is 11.8. The summed E-state index contributed by atoms with van der Waals surface area (Å²) in [6, 6.07) is 6.39. The van der Waals surface area contributed by atoms with Crippen LogP contribution < -0.4 is 0 Å². The summed E-state index contributed by atoms with van der Waals surface area (Å²) >= 11 is 0. The summed E-state index contributed by atoms with van der Waals surface area (Å²) in [6.45, 7) is 6.76. The Bertz CT molecular complexity index is 591. The van der Waals surface area contributed by atoms with Gasteiger partial charge in [0, 0.05) is 6.04 Å². The van der Waals surface area contributed by atoms with Crippen LogP contribution in [0, 0.1) is 6.92 Å². The molecule has 2 rings (SSSR count). The molecule has 1 aliphatic heterocycles. The van der Waals surface area contributed by atoms with Crippen molar-refractivity contribution in [3.05, 3.63) is 29.8 Å². The Morgan fingerprint density at radius 1 is 1.28 bits per heavy atom. The molecule has 0 spiro atoms. The molecule has 0 radical (unpaired) electrons. The fraction of sp³-hybridized carbons (Fsp3) is 0.462. The highest BCUT2D eigenvalue weighted by molar-refractivity contribution is 7.89. The topological polar surface area (TPSA) is 54.2 Å². The van der Waals surface area contributed by atoms with Crippen LogP contribution in [0.2, 0.25) is 0 Å². The van der Waals surface area contributed by atoms with Gasteiger partial charge in [0.1, 0.15) is 5.54 Å². The fourth-order valence-electron chi connectivity index (χ4n) is 2.25. The van der Waals surface area contributed by atoms with E-state index in [9.17, 15) is 13.2 Å². The molecule has 0 aliphatic carbocycles. The zero-order chi connectivity index (χ0) is 13.7. The van der Waals surface area contributed by atoms with Gasteiger partial charge in [0.15, 0.2) is 5.78 Å². The number of hydrogen-bond acceptors (Lipinski definition) is 3. The van der Waals surface area contributed by atoms with Gasteiger partial charge in [0.05, 0.1) is 4.90 Å². The number of rotatable bonds is 3. The second kappa shape index (κ2) is 3.90. The van der Waals surface area contributed by atoms with Crippen molar-refractivity contribution in [2.45, 2.75) is 44.2 Å². The Labute approximate surface area is 108 Å². The minimum atomic E-state index is -3.57. The predicted octanol–water partition coefficient (Wildman–Crippen LogP) is 1.74. The van der Waals surface area contributed by atoms with Gasteiger partial charge in [-0.3, -0.25) is 4.79 Å². The first-order valence-electron chi connectivity index (χ1n) is 5.84. The summed E-state index contributed by atoms with van der Waals surface area (Å²) in [7, 11) is -3.57. The van der Waals surface area contributed by atoms with Crippen molar-refractivity contribution in [2.24, 2.45) is 0 Å². The minimum absolute atomic E-state index is 0.120. The van der Waals surface area contributed by atoms with E-state index in [0.717, 1.165) is 5.56 Å². The van der Waals surface area contributed by atoms with E-state index < -0.39 is 15.6 Å². The van der Waals surface area contributed by atoms with Crippen LogP contribution in [0.15, 0.2) is 29.2 Å². The summed E-state index contributed by atoms with van der Waals surface area (Å²) in [4.78, 5) is 11.8. The number of carbonyl (C=O) groups excluding carboxylic acids is 1. The number of hydrogen-bond donors (Lipinski definition) is 0. The Hall–Kier alpha value is -1.20. The van der Waals surface area contributed by atoms with Crippen molar-refractivity contribution < 1.29 is 13.2 Å². The zero-order valence-electron chi connectivity index (χ0n) is 11.0. The lowest BCUT2D eigenvalue weighted by Crippen LogP contribution is -2.27. The van der Waals surface area contributed by atoms with E-state index in [4.69, 9.17) is 0 Å². The molecule has 0 saturated carbocycles. The molecule has 3 atom stereocenters. The van der Waals surface area contributed by atoms with Crippen molar-refractivity contribution in [2.75, 3.05) is 0 Å². The van der Waals surface area contributed by atoms with Crippen LogP contribution in [0.3, 0.4) is 0 Å². The molecule has 5 heteroatoms. The highest BCUT2D eigenvalue weighted by Gasteiger charge is 2.66. The first kappa shape index (κ1) is 13.2. The Morgan fingerprint density at radius 3 is 2.17 bits per heavy atom. The molecule has 1 unspecified atom stereocenters. The number of aryl methyl sites for hydroxylation is 1. The second-order valence-corrected chi connectivity index (χ2v) is 6.81. The Morgan fingerprint density at radius 2 is 1.78 bits per heavy atom. The van der Waals surface area contributed by atoms with Gasteiger partial charge < -0.3 is 0 Å². The second-order valence-electron chi connectivity index (χ2n) is 4.99. The number of Topliss-reactive ketones (excluding diaryl/α,β-unsaturated/α-hetero) is 1. The van der Waals surface area contributed by atoms with E-state index in [1.54, 1.807) is 38.1 Å². The third-order valence-corrected chi connectivity index (χ3v) is 5.93. The molecule has 0 aromatic heterocycles. The van der Waals surface area contributed by atoms with Gasteiger partial charge in [-0.05, 0) is 39.8 Å². The standard InChI is InChI=1S/C13H17NO3S/c1-9-5-7-12(8-6-9)18(16,17)14-10(2)13(14,4)11(3)15/h5-8,10H,1-4H3/t10-,13-,14?/m0/s1. The number of benzene rings is 1. The van der Waals surface area contributed by atoms with Gasteiger partial charge >= 0.3 is 0 Å². The first-order valence-corrected chi connectivity index (χ1v) is 7.28. The number of nitrogens with zero attached hydrogens (tertiary/aromatic N) is 1. The minimum Gasteiger partial charge on any atom is -0.298 e. The lowest BCUT2D eigenvalue weighted by atomic mass is 10.1. The van der Waals surface area contributed by atoms with E-state index >= 15 is 0 Å². The van der Waals surface area contributed by atoms with Crippen molar-refractivity contribution in [3.63, 3.8) is 0 Å². The van der Waals surface area contributed by atoms with Crippen LogP contribution in [0.1, 0.15) is 26.3 Å². The molecular weight excluding hydrogens is 250 g/mol. The molecule has 1 aliphatic rings. The molecule has 1 saturated heterocycles. The number of sulfonamides is 1. The van der Waals surface area contributed by atoms with Crippen LogP contribution in [-0.2, 0) is 14.8 Å². The monoisotopic (exact) mass is 267 g/mol. The van der Waals surface area contributed by atoms with Crippen molar-refractivity contribution >= 4 is 15.8 Å². The van der Waals surface area contributed by atoms with E-state index in [0.29, 0.717) is 0 Å². The van der Waals surface area contributed by atoms with Crippen LogP contribution >= 0.6 is 0 Å². The van der Waals surface area contributed by atoms with Crippen molar-refractivity contribution in [3.8, 4) is 0 Å². The van der Waals surface area contributed by atoms with Crippen LogP contribution in [0.25, 0.3) is 0 Å². The smallest absolute Gasteiger partial charge is 0.244 e. The SMILES string of the molecule is CC(=O)[C@]1(C)[C@H](C)N1S(=O)(=O)c1ccc(C)cc1. The molecule has 0 amide bonds. The lowest BCUT2D eigenvalue weighted by molar-refractivity contribution is -0.119. The van der Waals surface area contributed by atoms with Crippen molar-refractivity contribution in [1.82, 2.24) is 4.31 Å². The summed E-state index contributed by atoms with van der Waals surface area (Å²) in [6.07, 6.45) is 0. The van der Waals surface area contributed by atoms with Gasteiger partial charge in [-0.15, -0.1) is 0 Å².